The van der Waals surface area contributed by atoms with Gasteiger partial charge in [0.15, 0.2) is 0 Å². The molecule has 0 aliphatic rings. The van der Waals surface area contributed by atoms with Gasteiger partial charge in [-0.2, -0.15) is 22.0 Å². The molecular formula is C34H28F5N3O7. The fraction of sp³-hybridized carbons (Fsp3) is 0.206. The number of carboxylic acids is 1. The van der Waals surface area contributed by atoms with E-state index in [-0.39, 0.29) is 40.4 Å². The van der Waals surface area contributed by atoms with Gasteiger partial charge in [-0.05, 0) is 71.8 Å². The molecule has 0 radical (unpaired) electrons. The number of halogens is 5. The number of nitrogens with one attached hydrogen (secondary N) is 1. The second kappa shape index (κ2) is 14.9. The lowest BCUT2D eigenvalue weighted by Crippen LogP contribution is -2.35. The number of methoxy groups -OCH3 is 1. The normalized spacial score (nSPS) is 11.4. The Bertz CT molecular complexity index is 1820. The van der Waals surface area contributed by atoms with Gasteiger partial charge in [-0.3, -0.25) is 19.4 Å². The van der Waals surface area contributed by atoms with E-state index in [1.165, 1.54) is 61.7 Å². The molecule has 1 heterocycles. The maximum atomic E-state index is 13.5. The van der Waals surface area contributed by atoms with Crippen molar-refractivity contribution in [3.63, 3.8) is 0 Å². The fourth-order valence-electron chi connectivity index (χ4n) is 4.54. The Hall–Kier alpha value is -5.86. The highest BCUT2D eigenvalue weighted by molar-refractivity contribution is 5.97. The van der Waals surface area contributed by atoms with E-state index in [1.54, 1.807) is 0 Å². The molecule has 0 spiro atoms. The van der Waals surface area contributed by atoms with Crippen LogP contribution >= 0.6 is 0 Å². The second-order valence-corrected chi connectivity index (χ2v) is 10.7. The lowest BCUT2D eigenvalue weighted by molar-refractivity contribution is -0.139. The Morgan fingerprint density at radius 3 is 2.04 bits per heavy atom. The van der Waals surface area contributed by atoms with Crippen LogP contribution in [0.4, 0.5) is 27.6 Å². The standard InChI is InChI=1S/C34H28F5N3O7/c1-33(35,36)28-14-8-23(17-40-28)32(47)49-25-11-3-20(4-12-25)18-42(19-30(44)45)31(46)21-5-9-24(10-6-21)41-29(43)15-22-7-13-26(48-2)16-27(22)34(37,38)39/h3-14,16-17H,15,18-19H2,1-2H3,(H,41,43)(H,44,45). The molecule has 0 atom stereocenters. The number of anilines is 1. The molecule has 0 aliphatic carbocycles. The first kappa shape index (κ1) is 36.0. The summed E-state index contributed by atoms with van der Waals surface area (Å²) in [5.41, 5.74) is -1.11. The molecular weight excluding hydrogens is 657 g/mol. The first-order valence-electron chi connectivity index (χ1n) is 14.3. The molecule has 3 aromatic carbocycles. The van der Waals surface area contributed by atoms with Gasteiger partial charge in [0.2, 0.25) is 5.91 Å². The molecule has 0 saturated carbocycles. The lowest BCUT2D eigenvalue weighted by Gasteiger charge is -2.21. The van der Waals surface area contributed by atoms with Crippen LogP contribution in [0.1, 0.15) is 50.0 Å². The minimum absolute atomic E-state index is 0.0152. The predicted octanol–water partition coefficient (Wildman–Crippen LogP) is 6.35. The molecule has 0 unspecified atom stereocenters. The quantitative estimate of drug-likeness (QED) is 0.100. The van der Waals surface area contributed by atoms with Gasteiger partial charge in [0.05, 0.1) is 24.7 Å². The maximum Gasteiger partial charge on any atom is 0.416 e. The van der Waals surface area contributed by atoms with Crippen molar-refractivity contribution in [1.29, 1.82) is 0 Å². The number of nitrogens with zero attached hydrogens (tertiary/aromatic N) is 2. The number of carbonyl (C=O) groups excluding carboxylic acids is 3. The van der Waals surface area contributed by atoms with Gasteiger partial charge >= 0.3 is 18.1 Å². The van der Waals surface area contributed by atoms with E-state index in [4.69, 9.17) is 9.47 Å². The summed E-state index contributed by atoms with van der Waals surface area (Å²) in [5.74, 6) is -6.65. The Morgan fingerprint density at radius 1 is 0.857 bits per heavy atom. The summed E-state index contributed by atoms with van der Waals surface area (Å²) in [5, 5.41) is 11.9. The van der Waals surface area contributed by atoms with E-state index >= 15 is 0 Å². The van der Waals surface area contributed by atoms with Crippen molar-refractivity contribution in [2.75, 3.05) is 19.0 Å². The van der Waals surface area contributed by atoms with Gasteiger partial charge in [0, 0.05) is 30.9 Å². The highest BCUT2D eigenvalue weighted by Crippen LogP contribution is 2.35. The van der Waals surface area contributed by atoms with Gasteiger partial charge in [-0.1, -0.05) is 18.2 Å². The third kappa shape index (κ3) is 9.82. The van der Waals surface area contributed by atoms with Gasteiger partial charge in [-0.25, -0.2) is 4.79 Å². The zero-order chi connectivity index (χ0) is 35.9. The van der Waals surface area contributed by atoms with E-state index in [0.717, 1.165) is 35.4 Å². The number of benzene rings is 3. The average Bonchev–Trinajstić information content (AvgIpc) is 3.04. The number of pyridine rings is 1. The van der Waals surface area contributed by atoms with E-state index < -0.39 is 60.1 Å². The first-order valence-corrected chi connectivity index (χ1v) is 14.3. The third-order valence-electron chi connectivity index (χ3n) is 6.96. The number of carboxylic acid groups (broad SMARTS) is 1. The van der Waals surface area contributed by atoms with Crippen LogP contribution in [0.25, 0.3) is 0 Å². The zero-order valence-corrected chi connectivity index (χ0v) is 25.9. The smallest absolute Gasteiger partial charge is 0.416 e. The first-order chi connectivity index (χ1) is 23.0. The molecule has 2 N–H and O–H groups in total. The number of ether oxygens (including phenoxy) is 2. The van der Waals surface area contributed by atoms with Crippen LogP contribution in [-0.4, -0.2) is 52.4 Å². The maximum absolute atomic E-state index is 13.5. The monoisotopic (exact) mass is 685 g/mol. The molecule has 4 rings (SSSR count). The SMILES string of the molecule is COc1ccc(CC(=O)Nc2ccc(C(=O)N(CC(=O)O)Cc3ccc(OC(=O)c4ccc(C(C)(F)F)nc4)cc3)cc2)c(C(F)(F)F)c1. The number of aliphatic carboxylic acids is 1. The van der Waals surface area contributed by atoms with Crippen molar-refractivity contribution >= 4 is 29.4 Å². The highest BCUT2D eigenvalue weighted by atomic mass is 19.4. The van der Waals surface area contributed by atoms with E-state index in [0.29, 0.717) is 12.5 Å². The van der Waals surface area contributed by atoms with Gasteiger partial charge in [0.1, 0.15) is 23.7 Å². The number of rotatable bonds is 12. The topological polar surface area (TPSA) is 135 Å². The van der Waals surface area contributed by atoms with Gasteiger partial charge in [-0.15, -0.1) is 0 Å². The molecule has 256 valence electrons. The summed E-state index contributed by atoms with van der Waals surface area (Å²) >= 11 is 0. The van der Waals surface area contributed by atoms with E-state index in [2.05, 4.69) is 10.3 Å². The molecule has 2 amide bonds. The average molecular weight is 686 g/mol. The number of esters is 1. The molecule has 15 heteroatoms. The number of hydrogen-bond acceptors (Lipinski definition) is 7. The summed E-state index contributed by atoms with van der Waals surface area (Å²) in [7, 11) is 1.22. The Morgan fingerprint density at radius 2 is 1.49 bits per heavy atom. The zero-order valence-electron chi connectivity index (χ0n) is 25.9. The van der Waals surface area contributed by atoms with Crippen LogP contribution in [0, 0.1) is 0 Å². The van der Waals surface area contributed by atoms with Crippen LogP contribution < -0.4 is 14.8 Å². The van der Waals surface area contributed by atoms with Crippen molar-refractivity contribution in [3.05, 3.63) is 119 Å². The number of carbonyl (C=O) groups is 4. The Kier molecular flexibility index (Phi) is 11.0. The lowest BCUT2D eigenvalue weighted by atomic mass is 10.0. The number of aromatic nitrogens is 1. The number of hydrogen-bond donors (Lipinski definition) is 2. The molecule has 0 aliphatic heterocycles. The molecule has 10 nitrogen and oxygen atoms in total. The van der Waals surface area contributed by atoms with Crippen molar-refractivity contribution in [2.45, 2.75) is 32.0 Å². The van der Waals surface area contributed by atoms with Crippen LogP contribution in [0.15, 0.2) is 85.1 Å². The molecule has 4 aromatic rings. The van der Waals surface area contributed by atoms with Crippen LogP contribution in [0.2, 0.25) is 0 Å². The minimum atomic E-state index is -4.71. The van der Waals surface area contributed by atoms with E-state index in [1.807, 2.05) is 0 Å². The van der Waals surface area contributed by atoms with Crippen LogP contribution in [0.3, 0.4) is 0 Å². The summed E-state index contributed by atoms with van der Waals surface area (Å²) in [6.07, 6.45) is -4.33. The molecule has 0 bridgehead atoms. The Labute approximate surface area is 276 Å². The van der Waals surface area contributed by atoms with Crippen LogP contribution in [-0.2, 0) is 34.7 Å². The largest absolute Gasteiger partial charge is 0.497 e. The molecule has 1 aromatic heterocycles. The van der Waals surface area contributed by atoms with Crippen LogP contribution in [0.5, 0.6) is 11.5 Å². The molecule has 49 heavy (non-hydrogen) atoms. The summed E-state index contributed by atoms with van der Waals surface area (Å²) in [4.78, 5) is 54.4. The summed E-state index contributed by atoms with van der Waals surface area (Å²) in [6, 6.07) is 16.6. The summed E-state index contributed by atoms with van der Waals surface area (Å²) in [6.45, 7) is -0.151. The third-order valence-corrected chi connectivity index (χ3v) is 6.96. The van der Waals surface area contributed by atoms with Gasteiger partial charge < -0.3 is 24.8 Å². The fourth-order valence-corrected chi connectivity index (χ4v) is 4.54. The second-order valence-electron chi connectivity index (χ2n) is 10.7. The predicted molar refractivity (Wildman–Crippen MR) is 164 cm³/mol. The molecule has 0 fully saturated rings. The van der Waals surface area contributed by atoms with E-state index in [9.17, 15) is 46.2 Å². The van der Waals surface area contributed by atoms with Crippen molar-refractivity contribution in [1.82, 2.24) is 9.88 Å². The highest BCUT2D eigenvalue weighted by Gasteiger charge is 2.34. The van der Waals surface area contributed by atoms with Crippen molar-refractivity contribution in [2.24, 2.45) is 0 Å². The summed E-state index contributed by atoms with van der Waals surface area (Å²) < 4.78 is 77.4. The number of amides is 2. The van der Waals surface area contributed by atoms with Crippen molar-refractivity contribution < 1.29 is 55.7 Å². The van der Waals surface area contributed by atoms with Gasteiger partial charge in [0.25, 0.3) is 11.8 Å². The number of alkyl halides is 5. The molecule has 0 saturated heterocycles. The van der Waals surface area contributed by atoms with Crippen molar-refractivity contribution in [3.8, 4) is 11.5 Å². The minimum Gasteiger partial charge on any atom is -0.497 e. The Balaban J connectivity index is 1.39.